The first-order chi connectivity index (χ1) is 12.7. The number of nitrogens with zero attached hydrogens (tertiary/aromatic N) is 1. The van der Waals surface area contributed by atoms with E-state index in [1.807, 2.05) is 6.92 Å². The fraction of sp³-hybridized carbons (Fsp3) is 0.500. The van der Waals surface area contributed by atoms with Gasteiger partial charge in [0.25, 0.3) is 5.91 Å². The lowest BCUT2D eigenvalue weighted by molar-refractivity contribution is -0.895. The van der Waals surface area contributed by atoms with Crippen molar-refractivity contribution in [3.8, 4) is 0 Å². The monoisotopic (exact) mass is 405 g/mol. The number of quaternary nitrogens is 1. The Balaban J connectivity index is 1.90. The van der Waals surface area contributed by atoms with E-state index in [9.17, 15) is 26.8 Å². The molecule has 8 nitrogen and oxygen atoms in total. The molecule has 150 valence electrons. The Morgan fingerprint density at radius 3 is 2.52 bits per heavy atom. The van der Waals surface area contributed by atoms with Crippen molar-refractivity contribution in [3.63, 3.8) is 0 Å². The second-order valence-corrected chi connectivity index (χ2v) is 8.12. The van der Waals surface area contributed by atoms with Crippen LogP contribution in [0.2, 0.25) is 0 Å². The molecule has 3 N–H and O–H groups in total. The Bertz CT molecular complexity index is 796. The van der Waals surface area contributed by atoms with Gasteiger partial charge in [0.2, 0.25) is 10.0 Å². The van der Waals surface area contributed by atoms with Crippen molar-refractivity contribution >= 4 is 22.0 Å². The summed E-state index contributed by atoms with van der Waals surface area (Å²) in [5, 5.41) is 4.73. The fourth-order valence-corrected chi connectivity index (χ4v) is 4.23. The van der Waals surface area contributed by atoms with Gasteiger partial charge in [0, 0.05) is 6.54 Å². The van der Waals surface area contributed by atoms with Gasteiger partial charge in [-0.3, -0.25) is 10.1 Å². The van der Waals surface area contributed by atoms with Gasteiger partial charge in [0.15, 0.2) is 6.54 Å². The van der Waals surface area contributed by atoms with E-state index in [4.69, 9.17) is 0 Å². The van der Waals surface area contributed by atoms with Gasteiger partial charge in [-0.1, -0.05) is 6.92 Å². The molecule has 0 bridgehead atoms. The maximum Gasteiger partial charge on any atom is 0.321 e. The molecule has 0 aliphatic carbocycles. The van der Waals surface area contributed by atoms with Gasteiger partial charge in [-0.25, -0.2) is 22.0 Å². The van der Waals surface area contributed by atoms with E-state index >= 15 is 0 Å². The molecule has 0 saturated carbocycles. The predicted octanol–water partition coefficient (Wildman–Crippen LogP) is -0.910. The number of carbonyl (C=O) groups excluding carboxylic acids is 2. The number of rotatable bonds is 6. The molecule has 2 rings (SSSR count). The predicted molar refractivity (Wildman–Crippen MR) is 92.5 cm³/mol. The van der Waals surface area contributed by atoms with Gasteiger partial charge in [-0.2, -0.15) is 4.31 Å². The van der Waals surface area contributed by atoms with Gasteiger partial charge in [0.05, 0.1) is 26.2 Å². The Labute approximate surface area is 156 Å². The molecule has 1 fully saturated rings. The molecule has 0 unspecified atom stereocenters. The number of hydrogen-bond donors (Lipinski definition) is 3. The lowest BCUT2D eigenvalue weighted by Gasteiger charge is -2.31. The summed E-state index contributed by atoms with van der Waals surface area (Å²) in [4.78, 5) is 23.4. The minimum absolute atomic E-state index is 0.0156. The molecule has 0 aromatic heterocycles. The van der Waals surface area contributed by atoms with Crippen LogP contribution in [0.25, 0.3) is 0 Å². The lowest BCUT2D eigenvalue weighted by atomic mass is 10.3. The molecular weight excluding hydrogens is 382 g/mol. The third-order valence-corrected chi connectivity index (χ3v) is 6.05. The first kappa shape index (κ1) is 21.2. The summed E-state index contributed by atoms with van der Waals surface area (Å²) in [5.41, 5.74) is 0. The van der Waals surface area contributed by atoms with Crippen molar-refractivity contribution in [2.24, 2.45) is 0 Å². The molecule has 27 heavy (non-hydrogen) atoms. The summed E-state index contributed by atoms with van der Waals surface area (Å²) < 4.78 is 53.2. The Morgan fingerprint density at radius 1 is 1.22 bits per heavy atom. The van der Waals surface area contributed by atoms with Gasteiger partial charge in [-0.05, 0) is 24.6 Å². The van der Waals surface area contributed by atoms with Crippen LogP contribution in [0.3, 0.4) is 0 Å². The number of benzene rings is 1. The summed E-state index contributed by atoms with van der Waals surface area (Å²) in [6, 6.07) is 1.72. The molecule has 0 radical (unpaired) electrons. The van der Waals surface area contributed by atoms with E-state index in [1.165, 1.54) is 0 Å². The zero-order valence-electron chi connectivity index (χ0n) is 14.9. The quantitative estimate of drug-likeness (QED) is 0.571. The van der Waals surface area contributed by atoms with Crippen LogP contribution in [-0.2, 0) is 14.8 Å². The summed E-state index contributed by atoms with van der Waals surface area (Å²) in [5.74, 6) is -2.31. The highest BCUT2D eigenvalue weighted by atomic mass is 32.2. The van der Waals surface area contributed by atoms with Crippen LogP contribution in [0, 0.1) is 11.6 Å². The Morgan fingerprint density at radius 2 is 1.89 bits per heavy atom. The van der Waals surface area contributed by atoms with Crippen LogP contribution in [-0.4, -0.2) is 63.9 Å². The summed E-state index contributed by atoms with van der Waals surface area (Å²) in [6.07, 6.45) is 0.745. The number of nitrogens with one attached hydrogen (secondary N) is 3. The van der Waals surface area contributed by atoms with Crippen LogP contribution in [0.5, 0.6) is 0 Å². The lowest BCUT2D eigenvalue weighted by Crippen LogP contribution is -3.15. The second-order valence-electron chi connectivity index (χ2n) is 6.21. The average molecular weight is 405 g/mol. The van der Waals surface area contributed by atoms with Crippen LogP contribution < -0.4 is 15.5 Å². The smallest absolute Gasteiger partial charge is 0.321 e. The minimum atomic E-state index is -4.16. The fourth-order valence-electron chi connectivity index (χ4n) is 2.71. The molecule has 3 amide bonds. The molecule has 11 heteroatoms. The number of urea groups is 1. The van der Waals surface area contributed by atoms with Gasteiger partial charge in [-0.15, -0.1) is 0 Å². The maximum absolute atomic E-state index is 13.8. The number of imide groups is 1. The largest absolute Gasteiger partial charge is 0.338 e. The zero-order valence-corrected chi connectivity index (χ0v) is 15.7. The van der Waals surface area contributed by atoms with Crippen molar-refractivity contribution in [1.82, 2.24) is 14.9 Å². The summed E-state index contributed by atoms with van der Waals surface area (Å²) in [6.45, 7) is 3.09. The third kappa shape index (κ3) is 5.68. The van der Waals surface area contributed by atoms with E-state index in [0.29, 0.717) is 25.7 Å². The topological polar surface area (TPSA) is 100 Å². The van der Waals surface area contributed by atoms with Crippen LogP contribution >= 0.6 is 0 Å². The van der Waals surface area contributed by atoms with E-state index in [2.05, 4.69) is 10.6 Å². The Kier molecular flexibility index (Phi) is 7.22. The molecule has 0 spiro atoms. The molecule has 1 aliphatic heterocycles. The number of hydrogen-bond acceptors (Lipinski definition) is 4. The van der Waals surface area contributed by atoms with Crippen molar-refractivity contribution < 1.29 is 31.7 Å². The van der Waals surface area contributed by atoms with E-state index in [1.54, 1.807) is 0 Å². The normalized spacial score (nSPS) is 16.1. The van der Waals surface area contributed by atoms with Crippen molar-refractivity contribution in [3.05, 3.63) is 29.8 Å². The second kappa shape index (κ2) is 9.20. The van der Waals surface area contributed by atoms with Gasteiger partial charge in [0.1, 0.15) is 16.5 Å². The Hall–Kier alpha value is -2.11. The van der Waals surface area contributed by atoms with Crippen molar-refractivity contribution in [1.29, 1.82) is 0 Å². The maximum atomic E-state index is 13.8. The highest BCUT2D eigenvalue weighted by Gasteiger charge is 2.33. The standard InChI is InChI=1S/C16H22F2N4O4S/c1-2-5-19-16(24)20-15(23)11-21-6-8-22(9-7-21)27(25,26)14-10-12(17)3-4-13(14)18/h3-4,10H,2,5-9,11H2,1H3,(H2,19,20,23,24)/p+1. The van der Waals surface area contributed by atoms with Crippen molar-refractivity contribution in [2.45, 2.75) is 18.2 Å². The molecule has 1 aromatic rings. The molecule has 1 heterocycles. The SMILES string of the molecule is CCCNC(=O)NC(=O)C[NH+]1CCN(S(=O)(=O)c2cc(F)ccc2F)CC1. The highest BCUT2D eigenvalue weighted by molar-refractivity contribution is 7.89. The van der Waals surface area contributed by atoms with Crippen LogP contribution in [0.15, 0.2) is 23.1 Å². The van der Waals surface area contributed by atoms with Crippen LogP contribution in [0.4, 0.5) is 13.6 Å². The molecule has 1 aromatic carbocycles. The van der Waals surface area contributed by atoms with Crippen LogP contribution in [0.1, 0.15) is 13.3 Å². The number of carbonyl (C=O) groups is 2. The molecule has 0 atom stereocenters. The number of amides is 3. The van der Waals surface area contributed by atoms with Crippen molar-refractivity contribution in [2.75, 3.05) is 39.3 Å². The molecule has 1 saturated heterocycles. The van der Waals surface area contributed by atoms with E-state index in [0.717, 1.165) is 27.8 Å². The third-order valence-electron chi connectivity index (χ3n) is 4.14. The first-order valence-corrected chi connectivity index (χ1v) is 10.0. The van der Waals surface area contributed by atoms with Gasteiger partial charge < -0.3 is 10.2 Å². The number of piperazine rings is 1. The zero-order chi connectivity index (χ0) is 20.0. The first-order valence-electron chi connectivity index (χ1n) is 8.60. The molecule has 1 aliphatic rings. The number of sulfonamides is 1. The highest BCUT2D eigenvalue weighted by Crippen LogP contribution is 2.20. The van der Waals surface area contributed by atoms with E-state index < -0.39 is 38.5 Å². The average Bonchev–Trinajstić information content (AvgIpc) is 2.62. The summed E-state index contributed by atoms with van der Waals surface area (Å²) in [7, 11) is -4.16. The van der Waals surface area contributed by atoms with Gasteiger partial charge >= 0.3 is 6.03 Å². The number of halogens is 2. The molecular formula is C16H23F2N4O4S+. The summed E-state index contributed by atoms with van der Waals surface area (Å²) >= 11 is 0. The van der Waals surface area contributed by atoms with E-state index in [-0.39, 0.29) is 19.6 Å². The minimum Gasteiger partial charge on any atom is -0.338 e.